The number of carbonyl (C=O) groups is 2. The molecule has 0 aromatic carbocycles. The van der Waals surface area contributed by atoms with Gasteiger partial charge >= 0.3 is 11.9 Å². The van der Waals surface area contributed by atoms with Crippen molar-refractivity contribution in [2.45, 2.75) is 20.3 Å². The molecule has 0 saturated carbocycles. The first-order chi connectivity index (χ1) is 7.99. The van der Waals surface area contributed by atoms with Crippen LogP contribution >= 0.6 is 0 Å². The van der Waals surface area contributed by atoms with Crippen molar-refractivity contribution in [3.05, 3.63) is 0 Å². The molecule has 0 amide bonds. The first-order valence-corrected chi connectivity index (χ1v) is 5.52. The molecule has 17 heavy (non-hydrogen) atoms. The van der Waals surface area contributed by atoms with E-state index in [4.69, 9.17) is 19.7 Å². The van der Waals surface area contributed by atoms with Crippen molar-refractivity contribution in [1.29, 1.82) is 0 Å². The lowest BCUT2D eigenvalue weighted by Crippen LogP contribution is -2.24. The van der Waals surface area contributed by atoms with Gasteiger partial charge in [-0.1, -0.05) is 13.8 Å². The lowest BCUT2D eigenvalue weighted by Gasteiger charge is -2.18. The first-order valence-electron chi connectivity index (χ1n) is 5.52. The summed E-state index contributed by atoms with van der Waals surface area (Å²) in [7, 11) is 0. The molecule has 0 aliphatic carbocycles. The van der Waals surface area contributed by atoms with Crippen LogP contribution in [-0.4, -0.2) is 48.6 Å². The number of aliphatic hydroxyl groups excluding tert-OH is 2. The maximum Gasteiger partial charge on any atom is 0.331 e. The Balaban J connectivity index is 4.04. The third-order valence-corrected chi connectivity index (χ3v) is 2.02. The van der Waals surface area contributed by atoms with Crippen LogP contribution in [0.15, 0.2) is 0 Å². The molecule has 0 rings (SSSR count). The van der Waals surface area contributed by atoms with Crippen molar-refractivity contribution in [3.8, 4) is 0 Å². The lowest BCUT2D eigenvalue weighted by molar-refractivity contribution is -0.152. The Kier molecular flexibility index (Phi) is 8.35. The smallest absolute Gasteiger partial charge is 0.331 e. The summed E-state index contributed by atoms with van der Waals surface area (Å²) >= 11 is 0. The third kappa shape index (κ3) is 8.65. The molecule has 0 radical (unpaired) electrons. The van der Waals surface area contributed by atoms with Crippen molar-refractivity contribution >= 4 is 11.9 Å². The van der Waals surface area contributed by atoms with E-state index < -0.39 is 25.2 Å². The molecule has 6 heteroatoms. The van der Waals surface area contributed by atoms with Gasteiger partial charge in [-0.2, -0.15) is 0 Å². The topological polar surface area (TPSA) is 93.1 Å². The van der Waals surface area contributed by atoms with Gasteiger partial charge in [0.2, 0.25) is 0 Å². The molecule has 0 aromatic rings. The van der Waals surface area contributed by atoms with Gasteiger partial charge in [0.25, 0.3) is 0 Å². The number of aliphatic hydroxyl groups is 2. The summed E-state index contributed by atoms with van der Waals surface area (Å²) in [5.41, 5.74) is 0. The van der Waals surface area contributed by atoms with E-state index in [1.807, 2.05) is 13.8 Å². The average molecular weight is 248 g/mol. The molecule has 0 unspecified atom stereocenters. The Bertz CT molecular complexity index is 218. The molecular formula is C11H20O6. The summed E-state index contributed by atoms with van der Waals surface area (Å²) in [5, 5.41) is 17.0. The maximum atomic E-state index is 10.8. The van der Waals surface area contributed by atoms with Crippen LogP contribution in [0.4, 0.5) is 0 Å². The fourth-order valence-electron chi connectivity index (χ4n) is 1.36. The molecule has 0 bridgehead atoms. The lowest BCUT2D eigenvalue weighted by atomic mass is 9.99. The van der Waals surface area contributed by atoms with Gasteiger partial charge in [0.05, 0.1) is 13.2 Å². The molecular weight excluding hydrogens is 228 g/mol. The van der Waals surface area contributed by atoms with Crippen molar-refractivity contribution in [2.75, 3.05) is 26.4 Å². The van der Waals surface area contributed by atoms with Crippen LogP contribution < -0.4 is 0 Å². The van der Waals surface area contributed by atoms with E-state index in [1.54, 1.807) is 0 Å². The summed E-state index contributed by atoms with van der Waals surface area (Å²) in [6.07, 6.45) is 0.720. The van der Waals surface area contributed by atoms with Crippen molar-refractivity contribution in [3.63, 3.8) is 0 Å². The summed E-state index contributed by atoms with van der Waals surface area (Å²) < 4.78 is 9.55. The quantitative estimate of drug-likeness (QED) is 0.574. The second-order valence-electron chi connectivity index (χ2n) is 4.18. The van der Waals surface area contributed by atoms with Gasteiger partial charge in [-0.15, -0.1) is 0 Å². The second-order valence-corrected chi connectivity index (χ2v) is 4.18. The highest BCUT2D eigenvalue weighted by Gasteiger charge is 2.15. The molecule has 0 saturated heterocycles. The Labute approximate surface area is 101 Å². The zero-order valence-corrected chi connectivity index (χ0v) is 10.2. The van der Waals surface area contributed by atoms with Crippen molar-refractivity contribution < 1.29 is 29.3 Å². The number of carbonyl (C=O) groups excluding carboxylic acids is 2. The number of hydrogen-bond donors (Lipinski definition) is 2. The predicted molar refractivity (Wildman–Crippen MR) is 59.0 cm³/mol. The number of ether oxygens (including phenoxy) is 2. The molecule has 0 aliphatic rings. The van der Waals surface area contributed by atoms with E-state index in [0.29, 0.717) is 5.92 Å². The monoisotopic (exact) mass is 248 g/mol. The van der Waals surface area contributed by atoms with Crippen LogP contribution in [0.2, 0.25) is 0 Å². The largest absolute Gasteiger partial charge is 0.464 e. The first kappa shape index (κ1) is 15.9. The second kappa shape index (κ2) is 8.95. The van der Waals surface area contributed by atoms with Crippen LogP contribution in [0.5, 0.6) is 0 Å². The average Bonchev–Trinajstić information content (AvgIpc) is 2.30. The minimum atomic E-state index is -0.702. The zero-order valence-electron chi connectivity index (χ0n) is 10.2. The molecule has 0 heterocycles. The van der Waals surface area contributed by atoms with E-state index in [9.17, 15) is 9.59 Å². The van der Waals surface area contributed by atoms with Gasteiger partial charge in [0.1, 0.15) is 13.2 Å². The number of esters is 2. The molecule has 2 N–H and O–H groups in total. The van der Waals surface area contributed by atoms with Gasteiger partial charge in [0, 0.05) is 5.92 Å². The van der Waals surface area contributed by atoms with Gasteiger partial charge in [-0.05, 0) is 12.3 Å². The van der Waals surface area contributed by atoms with Crippen molar-refractivity contribution in [2.24, 2.45) is 11.8 Å². The summed E-state index contributed by atoms with van der Waals surface area (Å²) in [6, 6.07) is 0. The van der Waals surface area contributed by atoms with Crippen LogP contribution in [0, 0.1) is 11.8 Å². The van der Waals surface area contributed by atoms with E-state index in [0.717, 1.165) is 6.42 Å². The SMILES string of the molecule is CC(C)CC(COC(=O)CO)COC(=O)CO. The highest BCUT2D eigenvalue weighted by Crippen LogP contribution is 2.13. The number of hydrogen-bond acceptors (Lipinski definition) is 6. The van der Waals surface area contributed by atoms with E-state index >= 15 is 0 Å². The van der Waals surface area contributed by atoms with Crippen LogP contribution in [0.25, 0.3) is 0 Å². The third-order valence-electron chi connectivity index (χ3n) is 2.02. The van der Waals surface area contributed by atoms with Gasteiger partial charge in [0.15, 0.2) is 0 Å². The molecule has 0 fully saturated rings. The minimum absolute atomic E-state index is 0.0935. The summed E-state index contributed by atoms with van der Waals surface area (Å²) in [6.45, 7) is 2.85. The van der Waals surface area contributed by atoms with Crippen molar-refractivity contribution in [1.82, 2.24) is 0 Å². The van der Waals surface area contributed by atoms with Crippen LogP contribution in [-0.2, 0) is 19.1 Å². The molecule has 0 aliphatic heterocycles. The Morgan fingerprint density at radius 3 is 1.71 bits per heavy atom. The molecule has 6 nitrogen and oxygen atoms in total. The minimum Gasteiger partial charge on any atom is -0.464 e. The summed E-state index contributed by atoms with van der Waals surface area (Å²) in [5.74, 6) is -1.17. The molecule has 0 spiro atoms. The van der Waals surface area contributed by atoms with Gasteiger partial charge < -0.3 is 19.7 Å². The zero-order chi connectivity index (χ0) is 13.3. The molecule has 100 valence electrons. The maximum absolute atomic E-state index is 10.8. The van der Waals surface area contributed by atoms with Crippen LogP contribution in [0.1, 0.15) is 20.3 Å². The Hall–Kier alpha value is -1.14. The predicted octanol–water partition coefficient (Wildman–Crippen LogP) is -0.280. The normalized spacial score (nSPS) is 10.7. The van der Waals surface area contributed by atoms with E-state index in [2.05, 4.69) is 0 Å². The molecule has 0 aromatic heterocycles. The standard InChI is InChI=1S/C11H20O6/c1-8(2)3-9(6-16-10(14)4-12)7-17-11(15)5-13/h8-9,12-13H,3-7H2,1-2H3. The highest BCUT2D eigenvalue weighted by atomic mass is 16.6. The highest BCUT2D eigenvalue weighted by molar-refractivity contribution is 5.70. The molecule has 0 atom stereocenters. The fraction of sp³-hybridized carbons (Fsp3) is 0.818. The fourth-order valence-corrected chi connectivity index (χ4v) is 1.36. The Morgan fingerprint density at radius 1 is 1.00 bits per heavy atom. The van der Waals surface area contributed by atoms with Crippen LogP contribution in [0.3, 0.4) is 0 Å². The van der Waals surface area contributed by atoms with Gasteiger partial charge in [-0.3, -0.25) is 0 Å². The van der Waals surface area contributed by atoms with Gasteiger partial charge in [-0.25, -0.2) is 9.59 Å². The summed E-state index contributed by atoms with van der Waals surface area (Å²) in [4.78, 5) is 21.6. The number of rotatable bonds is 8. The van der Waals surface area contributed by atoms with E-state index in [-0.39, 0.29) is 19.1 Å². The van der Waals surface area contributed by atoms with E-state index in [1.165, 1.54) is 0 Å². The Morgan fingerprint density at radius 2 is 1.41 bits per heavy atom.